The summed E-state index contributed by atoms with van der Waals surface area (Å²) in [5.41, 5.74) is 6.99. The zero-order chi connectivity index (χ0) is 20.1. The first kappa shape index (κ1) is 17.1. The van der Waals surface area contributed by atoms with Crippen molar-refractivity contribution in [3.8, 4) is 33.1 Å². The minimum atomic E-state index is 0.879. The summed E-state index contributed by atoms with van der Waals surface area (Å²) in [5, 5.41) is 9.94. The fourth-order valence-electron chi connectivity index (χ4n) is 3.87. The maximum atomic E-state index is 4.59. The number of H-pyrrole nitrogens is 2. The number of aromatic nitrogens is 5. The molecule has 0 bridgehead atoms. The molecule has 5 nitrogen and oxygen atoms in total. The van der Waals surface area contributed by atoms with E-state index in [1.807, 2.05) is 35.9 Å². The monoisotopic (exact) mass is 407 g/mol. The molecule has 5 heterocycles. The second-order valence-electron chi connectivity index (χ2n) is 7.29. The Morgan fingerprint density at radius 3 is 2.70 bits per heavy atom. The van der Waals surface area contributed by atoms with Crippen molar-refractivity contribution in [2.45, 2.75) is 6.92 Å². The molecule has 0 saturated heterocycles. The van der Waals surface area contributed by atoms with Gasteiger partial charge >= 0.3 is 0 Å². The Morgan fingerprint density at radius 2 is 1.87 bits per heavy atom. The molecule has 0 aliphatic heterocycles. The highest BCUT2D eigenvalue weighted by Crippen LogP contribution is 2.37. The second kappa shape index (κ2) is 6.64. The Hall–Kier alpha value is -3.77. The lowest BCUT2D eigenvalue weighted by atomic mass is 10.1. The first-order chi connectivity index (χ1) is 14.8. The SMILES string of the molecule is Cc1ccc(-c2cccc3[nH]c(-c4n[nH]c5cnc(-c6cccnc6)cc45)cc23)s1. The Bertz CT molecular complexity index is 1510. The Balaban J connectivity index is 1.52. The van der Waals surface area contributed by atoms with Gasteiger partial charge in [-0.15, -0.1) is 11.3 Å². The van der Waals surface area contributed by atoms with Crippen LogP contribution in [0, 0.1) is 6.92 Å². The molecule has 0 amide bonds. The van der Waals surface area contributed by atoms with E-state index in [9.17, 15) is 0 Å². The van der Waals surface area contributed by atoms with Gasteiger partial charge in [0, 0.05) is 49.6 Å². The van der Waals surface area contributed by atoms with Crippen molar-refractivity contribution >= 4 is 33.1 Å². The molecule has 0 atom stereocenters. The number of hydrogen-bond donors (Lipinski definition) is 2. The molecule has 6 aromatic rings. The highest BCUT2D eigenvalue weighted by atomic mass is 32.1. The van der Waals surface area contributed by atoms with E-state index in [0.717, 1.165) is 39.1 Å². The van der Waals surface area contributed by atoms with Gasteiger partial charge in [-0.2, -0.15) is 5.10 Å². The number of hydrogen-bond acceptors (Lipinski definition) is 4. The number of fused-ring (bicyclic) bond motifs is 2. The highest BCUT2D eigenvalue weighted by molar-refractivity contribution is 7.15. The zero-order valence-electron chi connectivity index (χ0n) is 16.2. The van der Waals surface area contributed by atoms with Gasteiger partial charge in [0.25, 0.3) is 0 Å². The number of benzene rings is 1. The van der Waals surface area contributed by atoms with E-state index in [0.29, 0.717) is 0 Å². The van der Waals surface area contributed by atoms with E-state index in [2.05, 4.69) is 74.5 Å². The van der Waals surface area contributed by atoms with Gasteiger partial charge in [-0.05, 0) is 49.4 Å². The van der Waals surface area contributed by atoms with Gasteiger partial charge in [0.2, 0.25) is 0 Å². The van der Waals surface area contributed by atoms with Crippen LogP contribution < -0.4 is 0 Å². The highest BCUT2D eigenvalue weighted by Gasteiger charge is 2.15. The average molecular weight is 408 g/mol. The van der Waals surface area contributed by atoms with Gasteiger partial charge in [-0.1, -0.05) is 12.1 Å². The van der Waals surface area contributed by atoms with Crippen molar-refractivity contribution in [3.05, 3.63) is 78.1 Å². The normalized spacial score (nSPS) is 11.5. The average Bonchev–Trinajstić information content (AvgIpc) is 3.51. The number of aromatic amines is 2. The molecule has 30 heavy (non-hydrogen) atoms. The predicted octanol–water partition coefficient (Wildman–Crippen LogP) is 6.21. The number of pyridine rings is 2. The van der Waals surface area contributed by atoms with Crippen molar-refractivity contribution in [3.63, 3.8) is 0 Å². The third-order valence-corrected chi connectivity index (χ3v) is 6.36. The van der Waals surface area contributed by atoms with Gasteiger partial charge in [-0.25, -0.2) is 0 Å². The van der Waals surface area contributed by atoms with Crippen LogP contribution in [0.25, 0.3) is 54.9 Å². The lowest BCUT2D eigenvalue weighted by molar-refractivity contribution is 1.11. The molecule has 6 heteroatoms. The number of aryl methyl sites for hydroxylation is 1. The molecular weight excluding hydrogens is 390 g/mol. The Kier molecular flexibility index (Phi) is 3.79. The van der Waals surface area contributed by atoms with Crippen molar-refractivity contribution < 1.29 is 0 Å². The summed E-state index contributed by atoms with van der Waals surface area (Å²) in [6, 6.07) is 18.9. The minimum Gasteiger partial charge on any atom is -0.353 e. The number of thiophene rings is 1. The summed E-state index contributed by atoms with van der Waals surface area (Å²) >= 11 is 1.81. The van der Waals surface area contributed by atoms with Crippen LogP contribution in [0.4, 0.5) is 0 Å². The summed E-state index contributed by atoms with van der Waals surface area (Å²) in [7, 11) is 0. The smallest absolute Gasteiger partial charge is 0.116 e. The predicted molar refractivity (Wildman–Crippen MR) is 122 cm³/mol. The standard InChI is InChI=1S/C24H17N5S/c1-14-7-8-23(30-14)16-5-2-6-19-17(16)10-21(27-19)24-18-11-20(15-4-3-9-25-12-15)26-13-22(18)28-29-24/h2-13,27H,1H3,(H,28,29). The summed E-state index contributed by atoms with van der Waals surface area (Å²) in [6.45, 7) is 2.14. The van der Waals surface area contributed by atoms with Crippen molar-refractivity contribution in [1.82, 2.24) is 25.1 Å². The van der Waals surface area contributed by atoms with Crippen molar-refractivity contribution in [1.29, 1.82) is 0 Å². The van der Waals surface area contributed by atoms with Crippen LogP contribution in [0.3, 0.4) is 0 Å². The quantitative estimate of drug-likeness (QED) is 0.367. The maximum Gasteiger partial charge on any atom is 0.116 e. The Labute approximate surface area is 176 Å². The molecular formula is C24H17N5S. The first-order valence-corrected chi connectivity index (χ1v) is 10.5. The zero-order valence-corrected chi connectivity index (χ0v) is 17.0. The van der Waals surface area contributed by atoms with E-state index in [-0.39, 0.29) is 0 Å². The lowest BCUT2D eigenvalue weighted by Crippen LogP contribution is -1.85. The maximum absolute atomic E-state index is 4.59. The molecule has 0 saturated carbocycles. The summed E-state index contributed by atoms with van der Waals surface area (Å²) in [4.78, 5) is 14.9. The van der Waals surface area contributed by atoms with Crippen molar-refractivity contribution in [2.75, 3.05) is 0 Å². The topological polar surface area (TPSA) is 70.2 Å². The molecule has 5 aromatic heterocycles. The molecule has 1 aromatic carbocycles. The molecule has 0 radical (unpaired) electrons. The molecule has 0 unspecified atom stereocenters. The van der Waals surface area contributed by atoms with Gasteiger partial charge in [0.1, 0.15) is 5.69 Å². The summed E-state index contributed by atoms with van der Waals surface area (Å²) in [6.07, 6.45) is 5.42. The third kappa shape index (κ3) is 2.73. The van der Waals surface area contributed by atoms with E-state index >= 15 is 0 Å². The van der Waals surface area contributed by atoms with Gasteiger partial charge in [0.05, 0.1) is 23.1 Å². The first-order valence-electron chi connectivity index (χ1n) is 9.70. The molecule has 0 aliphatic carbocycles. The van der Waals surface area contributed by atoms with Crippen LogP contribution in [0.2, 0.25) is 0 Å². The third-order valence-electron chi connectivity index (χ3n) is 5.33. The van der Waals surface area contributed by atoms with Crippen molar-refractivity contribution in [2.24, 2.45) is 0 Å². The van der Waals surface area contributed by atoms with Crippen LogP contribution in [-0.2, 0) is 0 Å². The molecule has 144 valence electrons. The molecule has 0 spiro atoms. The molecule has 2 N–H and O–H groups in total. The largest absolute Gasteiger partial charge is 0.353 e. The summed E-state index contributed by atoms with van der Waals surface area (Å²) < 4.78 is 0. The number of nitrogens with one attached hydrogen (secondary N) is 2. The van der Waals surface area contributed by atoms with Crippen LogP contribution in [0.1, 0.15) is 4.88 Å². The van der Waals surface area contributed by atoms with Crippen LogP contribution in [-0.4, -0.2) is 25.1 Å². The Morgan fingerprint density at radius 1 is 0.900 bits per heavy atom. The minimum absolute atomic E-state index is 0.879. The van der Waals surface area contributed by atoms with Crippen LogP contribution in [0.5, 0.6) is 0 Å². The number of rotatable bonds is 3. The lowest BCUT2D eigenvalue weighted by Gasteiger charge is -2.00. The fraction of sp³-hybridized carbons (Fsp3) is 0.0417. The molecule has 0 fully saturated rings. The van der Waals surface area contributed by atoms with E-state index in [1.54, 1.807) is 6.20 Å². The van der Waals surface area contributed by atoms with Gasteiger partial charge in [-0.3, -0.25) is 15.1 Å². The molecule has 6 rings (SSSR count). The van der Waals surface area contributed by atoms with Crippen LogP contribution in [0.15, 0.2) is 73.2 Å². The number of nitrogens with zero attached hydrogens (tertiary/aromatic N) is 3. The molecule has 0 aliphatic rings. The van der Waals surface area contributed by atoms with E-state index in [1.165, 1.54) is 20.7 Å². The van der Waals surface area contributed by atoms with E-state index in [4.69, 9.17) is 0 Å². The van der Waals surface area contributed by atoms with Crippen LogP contribution >= 0.6 is 11.3 Å². The fourth-order valence-corrected chi connectivity index (χ4v) is 4.78. The van der Waals surface area contributed by atoms with E-state index < -0.39 is 0 Å². The summed E-state index contributed by atoms with van der Waals surface area (Å²) in [5.74, 6) is 0. The second-order valence-corrected chi connectivity index (χ2v) is 8.58. The van der Waals surface area contributed by atoms with Gasteiger partial charge in [0.15, 0.2) is 0 Å². The van der Waals surface area contributed by atoms with Gasteiger partial charge < -0.3 is 4.98 Å².